The molecule has 0 spiro atoms. The van der Waals surface area contributed by atoms with Crippen molar-refractivity contribution in [3.05, 3.63) is 0 Å². The molecule has 0 aliphatic heterocycles. The van der Waals surface area contributed by atoms with Gasteiger partial charge in [0.05, 0.1) is 0 Å². The van der Waals surface area contributed by atoms with Crippen LogP contribution in [0.4, 0.5) is 13.2 Å². The Bertz CT molecular complexity index is 81.0. The molecule has 0 aliphatic rings. The molecule has 2 nitrogen and oxygen atoms in total. The van der Waals surface area contributed by atoms with Crippen LogP contribution < -0.4 is 0 Å². The van der Waals surface area contributed by atoms with Crippen LogP contribution in [0.25, 0.3) is 0 Å². The Balaban J connectivity index is 3.56. The van der Waals surface area contributed by atoms with Crippen molar-refractivity contribution in [3.8, 4) is 0 Å². The van der Waals surface area contributed by atoms with Crippen LogP contribution in [0.3, 0.4) is 0 Å². The fraction of sp³-hybridized carbons (Fsp3) is 0.500. The Morgan fingerprint density at radius 1 is 1.57 bits per heavy atom. The molecule has 0 rings (SSSR count). The third kappa shape index (κ3) is 2.02. The third-order valence-electron chi connectivity index (χ3n) is 0.276. The van der Waals surface area contributed by atoms with Gasteiger partial charge in [0.2, 0.25) is 0 Å². The lowest BCUT2D eigenvalue weighted by molar-refractivity contribution is 0.197. The molecular formula is C2H2F3NO. The smallest absolute Gasteiger partial charge is 0.310 e. The van der Waals surface area contributed by atoms with Crippen molar-refractivity contribution in [1.29, 1.82) is 0 Å². The highest BCUT2D eigenvalue weighted by molar-refractivity contribution is 5.77. The minimum absolute atomic E-state index is 1.59. The topological polar surface area (TPSA) is 32.6 Å². The first kappa shape index (κ1) is 6.26. The number of oxime groups is 1. The summed E-state index contributed by atoms with van der Waals surface area (Å²) in [7, 11) is 0. The van der Waals surface area contributed by atoms with Crippen molar-refractivity contribution in [3.63, 3.8) is 0 Å². The maximum Gasteiger partial charge on any atom is 0.310 e. The van der Waals surface area contributed by atoms with Gasteiger partial charge in [-0.05, 0) is 0 Å². The molecule has 0 atom stereocenters. The first-order chi connectivity index (χ1) is 3.18. The summed E-state index contributed by atoms with van der Waals surface area (Å²) in [5.74, 6) is -2.06. The van der Waals surface area contributed by atoms with Crippen molar-refractivity contribution in [2.75, 3.05) is 0 Å². The lowest BCUT2D eigenvalue weighted by Gasteiger charge is -1.84. The van der Waals surface area contributed by atoms with Crippen LogP contribution in [0.2, 0.25) is 0 Å². The number of hydrogen-bond donors (Lipinski definition) is 1. The SMILES string of the molecule is O/N=C(/F)C(F)F. The summed E-state index contributed by atoms with van der Waals surface area (Å²) >= 11 is 0. The molecule has 1 N–H and O–H groups in total. The monoisotopic (exact) mass is 113 g/mol. The lowest BCUT2D eigenvalue weighted by Crippen LogP contribution is -2.01. The molecule has 0 aliphatic carbocycles. The quantitative estimate of drug-likeness (QED) is 0.307. The molecule has 0 saturated carbocycles. The molecule has 7 heavy (non-hydrogen) atoms. The van der Waals surface area contributed by atoms with Gasteiger partial charge in [-0.2, -0.15) is 4.39 Å². The molecule has 0 fully saturated rings. The zero-order valence-corrected chi connectivity index (χ0v) is 3.11. The Labute approximate surface area is 37.2 Å². The van der Waals surface area contributed by atoms with Gasteiger partial charge in [-0.25, -0.2) is 8.78 Å². The van der Waals surface area contributed by atoms with Crippen molar-refractivity contribution in [1.82, 2.24) is 0 Å². The summed E-state index contributed by atoms with van der Waals surface area (Å²) in [5.41, 5.74) is 0. The normalized spacial score (nSPS) is 12.9. The van der Waals surface area contributed by atoms with E-state index in [-0.39, 0.29) is 0 Å². The summed E-state index contributed by atoms with van der Waals surface area (Å²) in [6.07, 6.45) is -3.30. The fourth-order valence-corrected chi connectivity index (χ4v) is 0.0436. The van der Waals surface area contributed by atoms with E-state index in [1.807, 2.05) is 0 Å². The molecule has 42 valence electrons. The second-order valence-corrected chi connectivity index (χ2v) is 0.723. The summed E-state index contributed by atoms with van der Waals surface area (Å²) in [6, 6.07) is 0. The first-order valence-electron chi connectivity index (χ1n) is 1.34. The van der Waals surface area contributed by atoms with E-state index in [4.69, 9.17) is 5.21 Å². The van der Waals surface area contributed by atoms with Gasteiger partial charge in [-0.3, -0.25) is 0 Å². The van der Waals surface area contributed by atoms with Crippen LogP contribution in [0.5, 0.6) is 0 Å². The minimum Gasteiger partial charge on any atom is -0.409 e. The van der Waals surface area contributed by atoms with Crippen molar-refractivity contribution in [2.24, 2.45) is 5.16 Å². The average Bonchev–Trinajstić information content (AvgIpc) is 1.65. The van der Waals surface area contributed by atoms with Crippen LogP contribution in [-0.2, 0) is 0 Å². The van der Waals surface area contributed by atoms with Gasteiger partial charge in [0.15, 0.2) is 0 Å². The largest absolute Gasteiger partial charge is 0.409 e. The van der Waals surface area contributed by atoms with Gasteiger partial charge in [-0.1, -0.05) is 5.16 Å². The van der Waals surface area contributed by atoms with Gasteiger partial charge in [0, 0.05) is 0 Å². The Hall–Kier alpha value is -0.740. The number of hydrogen-bond acceptors (Lipinski definition) is 2. The summed E-state index contributed by atoms with van der Waals surface area (Å²) < 4.78 is 32.5. The van der Waals surface area contributed by atoms with Crippen LogP contribution in [-0.4, -0.2) is 17.6 Å². The van der Waals surface area contributed by atoms with E-state index in [9.17, 15) is 13.2 Å². The zero-order valence-electron chi connectivity index (χ0n) is 3.11. The molecule has 0 bridgehead atoms. The number of rotatable bonds is 1. The van der Waals surface area contributed by atoms with Crippen molar-refractivity contribution >= 4 is 5.97 Å². The van der Waals surface area contributed by atoms with Gasteiger partial charge < -0.3 is 5.21 Å². The zero-order chi connectivity index (χ0) is 5.86. The van der Waals surface area contributed by atoms with Gasteiger partial charge in [-0.15, -0.1) is 0 Å². The minimum atomic E-state index is -3.30. The standard InChI is InChI=1S/C2H2F3NO/c3-1(4)2(5)6-7/h1,7H/b6-2+. The van der Waals surface area contributed by atoms with Crippen LogP contribution in [0, 0.1) is 0 Å². The van der Waals surface area contributed by atoms with Crippen LogP contribution in [0.15, 0.2) is 5.16 Å². The summed E-state index contributed by atoms with van der Waals surface area (Å²) in [4.78, 5) is 0. The molecule has 0 unspecified atom stereocenters. The second-order valence-electron chi connectivity index (χ2n) is 0.723. The highest BCUT2D eigenvalue weighted by Crippen LogP contribution is 1.95. The summed E-state index contributed by atoms with van der Waals surface area (Å²) in [6.45, 7) is 0. The highest BCUT2D eigenvalue weighted by Gasteiger charge is 2.10. The maximum absolute atomic E-state index is 11.0. The van der Waals surface area contributed by atoms with E-state index in [2.05, 4.69) is 0 Å². The van der Waals surface area contributed by atoms with Crippen molar-refractivity contribution < 1.29 is 18.4 Å². The van der Waals surface area contributed by atoms with Gasteiger partial charge >= 0.3 is 6.43 Å². The van der Waals surface area contributed by atoms with E-state index in [1.165, 1.54) is 0 Å². The van der Waals surface area contributed by atoms with E-state index in [1.54, 1.807) is 5.16 Å². The predicted molar refractivity (Wildman–Crippen MR) is 16.3 cm³/mol. The molecule has 5 heteroatoms. The average molecular weight is 113 g/mol. The maximum atomic E-state index is 11.0. The molecular weight excluding hydrogens is 111 g/mol. The molecule has 0 saturated heterocycles. The van der Waals surface area contributed by atoms with Crippen LogP contribution >= 0.6 is 0 Å². The molecule has 0 heterocycles. The van der Waals surface area contributed by atoms with E-state index in [0.717, 1.165) is 0 Å². The predicted octanol–water partition coefficient (Wildman–Crippen LogP) is 1.01. The molecule has 0 aromatic carbocycles. The van der Waals surface area contributed by atoms with E-state index >= 15 is 0 Å². The van der Waals surface area contributed by atoms with E-state index < -0.39 is 12.4 Å². The Morgan fingerprint density at radius 3 is 2.00 bits per heavy atom. The highest BCUT2D eigenvalue weighted by atomic mass is 19.3. The lowest BCUT2D eigenvalue weighted by atomic mass is 10.7. The van der Waals surface area contributed by atoms with E-state index in [0.29, 0.717) is 0 Å². The van der Waals surface area contributed by atoms with Crippen LogP contribution in [0.1, 0.15) is 0 Å². The molecule has 0 amide bonds. The fourth-order valence-electron chi connectivity index (χ4n) is 0.0436. The first-order valence-corrected chi connectivity index (χ1v) is 1.34. The number of halogens is 3. The van der Waals surface area contributed by atoms with Gasteiger partial charge in [0.1, 0.15) is 0 Å². The number of alkyl halides is 2. The molecule has 0 radical (unpaired) electrons. The molecule has 0 aromatic heterocycles. The Morgan fingerprint density at radius 2 is 2.00 bits per heavy atom. The second kappa shape index (κ2) is 2.44. The number of nitrogens with zero attached hydrogens (tertiary/aromatic N) is 1. The van der Waals surface area contributed by atoms with Crippen molar-refractivity contribution in [2.45, 2.75) is 6.43 Å². The third-order valence-corrected chi connectivity index (χ3v) is 0.276. The summed E-state index contributed by atoms with van der Waals surface area (Å²) in [5, 5.41) is 8.83. The Kier molecular flexibility index (Phi) is 2.18. The van der Waals surface area contributed by atoms with Gasteiger partial charge in [0.25, 0.3) is 5.97 Å². The molecule has 0 aromatic rings.